The first-order chi connectivity index (χ1) is 8.20. The molecule has 0 saturated carbocycles. The van der Waals surface area contributed by atoms with Gasteiger partial charge in [-0.2, -0.15) is 0 Å². The lowest BCUT2D eigenvalue weighted by molar-refractivity contribution is -0.140. The van der Waals surface area contributed by atoms with Gasteiger partial charge in [0.15, 0.2) is 0 Å². The smallest absolute Gasteiger partial charge is 0.0741 e. The van der Waals surface area contributed by atoms with Crippen molar-refractivity contribution in [2.24, 2.45) is 0 Å². The zero-order chi connectivity index (χ0) is 12.1. The molecule has 5 heteroatoms. The first kappa shape index (κ1) is 13.5. The van der Waals surface area contributed by atoms with Crippen LogP contribution in [0.5, 0.6) is 0 Å². The van der Waals surface area contributed by atoms with Crippen LogP contribution in [0.15, 0.2) is 0 Å². The normalized spacial score (nSPS) is 30.3. The Labute approximate surface area is 106 Å². The van der Waals surface area contributed by atoms with E-state index in [0.29, 0.717) is 6.04 Å². The van der Waals surface area contributed by atoms with Gasteiger partial charge in [-0.3, -0.25) is 4.21 Å². The minimum atomic E-state index is -0.697. The van der Waals surface area contributed by atoms with E-state index in [1.807, 2.05) is 0 Å². The van der Waals surface area contributed by atoms with Crippen molar-refractivity contribution in [1.82, 2.24) is 5.32 Å². The fourth-order valence-corrected chi connectivity index (χ4v) is 3.11. The summed E-state index contributed by atoms with van der Waals surface area (Å²) >= 11 is 0. The second kappa shape index (κ2) is 6.27. The first-order valence-corrected chi connectivity index (χ1v) is 8.18. The molecule has 17 heavy (non-hydrogen) atoms. The van der Waals surface area contributed by atoms with Gasteiger partial charge in [0.1, 0.15) is 0 Å². The second-order valence-electron chi connectivity index (χ2n) is 5.07. The summed E-state index contributed by atoms with van der Waals surface area (Å²) in [5, 5.41) is 3.51. The molecule has 2 aliphatic rings. The van der Waals surface area contributed by atoms with Crippen molar-refractivity contribution in [3.8, 4) is 0 Å². The second-order valence-corrected chi connectivity index (χ2v) is 6.62. The summed E-state index contributed by atoms with van der Waals surface area (Å²) in [6.45, 7) is 3.34. The Kier molecular flexibility index (Phi) is 4.97. The van der Waals surface area contributed by atoms with Crippen LogP contribution in [0.25, 0.3) is 0 Å². The van der Waals surface area contributed by atoms with Gasteiger partial charge in [0.05, 0.1) is 5.60 Å². The van der Waals surface area contributed by atoms with Gasteiger partial charge in [-0.1, -0.05) is 0 Å². The molecule has 0 bridgehead atoms. The van der Waals surface area contributed by atoms with Crippen molar-refractivity contribution >= 4 is 10.8 Å². The van der Waals surface area contributed by atoms with E-state index in [9.17, 15) is 4.21 Å². The van der Waals surface area contributed by atoms with Gasteiger partial charge in [0.25, 0.3) is 0 Å². The summed E-state index contributed by atoms with van der Waals surface area (Å²) in [7, 11) is -0.697. The number of hydrogen-bond acceptors (Lipinski definition) is 4. The minimum Gasteiger partial charge on any atom is -0.381 e. The van der Waals surface area contributed by atoms with E-state index in [1.54, 1.807) is 6.26 Å². The zero-order valence-electron chi connectivity index (χ0n) is 10.6. The van der Waals surface area contributed by atoms with Crippen LogP contribution in [0.2, 0.25) is 0 Å². The maximum Gasteiger partial charge on any atom is 0.0741 e. The summed E-state index contributed by atoms with van der Waals surface area (Å²) in [4.78, 5) is 0. The average molecular weight is 261 g/mol. The topological polar surface area (TPSA) is 47.6 Å². The molecule has 0 aromatic heterocycles. The summed E-state index contributed by atoms with van der Waals surface area (Å²) < 4.78 is 22.4. The molecule has 1 N–H and O–H groups in total. The molecule has 2 aliphatic heterocycles. The molecule has 2 atom stereocenters. The highest BCUT2D eigenvalue weighted by molar-refractivity contribution is 7.84. The number of ether oxygens (including phenoxy) is 2. The van der Waals surface area contributed by atoms with Crippen molar-refractivity contribution in [3.63, 3.8) is 0 Å². The summed E-state index contributed by atoms with van der Waals surface area (Å²) in [5.41, 5.74) is 0.0551. The minimum absolute atomic E-state index is 0.0551. The van der Waals surface area contributed by atoms with Crippen LogP contribution in [0, 0.1) is 0 Å². The largest absolute Gasteiger partial charge is 0.381 e. The van der Waals surface area contributed by atoms with Crippen LogP contribution >= 0.6 is 0 Å². The van der Waals surface area contributed by atoms with Crippen molar-refractivity contribution in [2.75, 3.05) is 38.4 Å². The third-order valence-electron chi connectivity index (χ3n) is 3.72. The van der Waals surface area contributed by atoms with Crippen LogP contribution in [0.1, 0.15) is 25.7 Å². The first-order valence-electron chi connectivity index (χ1n) is 6.45. The third-order valence-corrected chi connectivity index (χ3v) is 4.50. The molecule has 100 valence electrons. The van der Waals surface area contributed by atoms with E-state index in [-0.39, 0.29) is 5.60 Å². The third kappa shape index (κ3) is 4.02. The maximum absolute atomic E-state index is 11.0. The average Bonchev–Trinajstić information content (AvgIpc) is 2.29. The zero-order valence-corrected chi connectivity index (χ0v) is 11.4. The highest BCUT2D eigenvalue weighted by Gasteiger charge is 2.38. The van der Waals surface area contributed by atoms with E-state index >= 15 is 0 Å². The van der Waals surface area contributed by atoms with E-state index in [2.05, 4.69) is 5.32 Å². The Hall–Kier alpha value is 0.0300. The summed E-state index contributed by atoms with van der Waals surface area (Å²) in [6.07, 6.45) is 5.94. The molecule has 0 radical (unpaired) electrons. The molecule has 2 unspecified atom stereocenters. The van der Waals surface area contributed by atoms with Gasteiger partial charge in [0.2, 0.25) is 0 Å². The summed E-state index contributed by atoms with van der Waals surface area (Å²) in [5.74, 6) is 0.744. The number of hydrogen-bond donors (Lipinski definition) is 1. The van der Waals surface area contributed by atoms with Crippen molar-refractivity contribution in [2.45, 2.75) is 37.3 Å². The van der Waals surface area contributed by atoms with Crippen LogP contribution in [-0.2, 0) is 20.3 Å². The molecule has 2 heterocycles. The lowest BCUT2D eigenvalue weighted by atomic mass is 9.84. The van der Waals surface area contributed by atoms with Crippen LogP contribution in [0.4, 0.5) is 0 Å². The van der Waals surface area contributed by atoms with Gasteiger partial charge in [-0.15, -0.1) is 0 Å². The van der Waals surface area contributed by atoms with Crippen LogP contribution < -0.4 is 5.32 Å². The number of nitrogens with one attached hydrogen (secondary N) is 1. The van der Waals surface area contributed by atoms with Gasteiger partial charge in [-0.25, -0.2) is 0 Å². The monoisotopic (exact) mass is 261 g/mol. The quantitative estimate of drug-likeness (QED) is 0.808. The maximum atomic E-state index is 11.0. The Morgan fingerprint density at radius 3 is 2.82 bits per heavy atom. The van der Waals surface area contributed by atoms with E-state index < -0.39 is 10.8 Å². The van der Waals surface area contributed by atoms with Crippen LogP contribution in [0.3, 0.4) is 0 Å². The van der Waals surface area contributed by atoms with Crippen molar-refractivity contribution < 1.29 is 13.7 Å². The molecular weight excluding hydrogens is 238 g/mol. The predicted octanol–water partition coefficient (Wildman–Crippen LogP) is 0.683. The number of rotatable bonds is 4. The molecular formula is C12H23NO3S. The van der Waals surface area contributed by atoms with Crippen molar-refractivity contribution in [1.29, 1.82) is 0 Å². The molecule has 2 rings (SSSR count). The van der Waals surface area contributed by atoms with Gasteiger partial charge in [0, 0.05) is 55.2 Å². The van der Waals surface area contributed by atoms with Gasteiger partial charge in [-0.05, 0) is 25.7 Å². The molecule has 0 aromatic carbocycles. The fourth-order valence-electron chi connectivity index (χ4n) is 2.70. The predicted molar refractivity (Wildman–Crippen MR) is 68.7 cm³/mol. The molecule has 1 spiro atoms. The highest BCUT2D eigenvalue weighted by atomic mass is 32.2. The van der Waals surface area contributed by atoms with Crippen molar-refractivity contribution in [3.05, 3.63) is 0 Å². The standard InChI is InChI=1S/C12H23NO3S/c1-17(14)9-5-13-11-2-6-16-12(10-11)3-7-15-8-4-12/h11,13H,2-10H2,1H3. The summed E-state index contributed by atoms with van der Waals surface area (Å²) in [6, 6.07) is 0.519. The lowest BCUT2D eigenvalue weighted by Gasteiger charge is -2.43. The Bertz CT molecular complexity index is 261. The van der Waals surface area contributed by atoms with Gasteiger partial charge >= 0.3 is 0 Å². The Balaban J connectivity index is 1.77. The van der Waals surface area contributed by atoms with E-state index in [0.717, 1.165) is 57.8 Å². The molecule has 0 aromatic rings. The molecule has 2 saturated heterocycles. The lowest BCUT2D eigenvalue weighted by Crippen LogP contribution is -2.50. The fraction of sp³-hybridized carbons (Fsp3) is 1.00. The molecule has 0 aliphatic carbocycles. The van der Waals surface area contributed by atoms with E-state index in [4.69, 9.17) is 9.47 Å². The highest BCUT2D eigenvalue weighted by Crippen LogP contribution is 2.34. The molecule has 2 fully saturated rings. The Morgan fingerprint density at radius 1 is 1.35 bits per heavy atom. The van der Waals surface area contributed by atoms with Gasteiger partial charge < -0.3 is 14.8 Å². The van der Waals surface area contributed by atoms with E-state index in [1.165, 1.54) is 0 Å². The van der Waals surface area contributed by atoms with Crippen LogP contribution in [-0.4, -0.2) is 54.2 Å². The Morgan fingerprint density at radius 2 is 2.12 bits per heavy atom. The molecule has 0 amide bonds. The molecule has 4 nitrogen and oxygen atoms in total. The SMILES string of the molecule is CS(=O)CCNC1CCOC2(CCOCC2)C1.